The topological polar surface area (TPSA) is 66.7 Å². The fourth-order valence-corrected chi connectivity index (χ4v) is 12.1. The third kappa shape index (κ3) is 8.26. The third-order valence-corrected chi connectivity index (χ3v) is 15.7. The Morgan fingerprint density at radius 2 is 0.577 bits per heavy atom. The molecule has 2 N–H and O–H groups in total. The van der Waals surface area contributed by atoms with E-state index in [9.17, 15) is 10.0 Å². The largest absolute Gasteiger partial charge is 0.489 e. The predicted molar refractivity (Wildman–Crippen MR) is 333 cm³/mol. The first-order chi connectivity index (χ1) is 38.4. The Bertz CT molecular complexity index is 4850. The zero-order chi connectivity index (χ0) is 52.3. The Balaban J connectivity index is 0.000000115. The van der Waals surface area contributed by atoms with Crippen molar-refractivity contribution in [3.63, 3.8) is 0 Å². The molecule has 0 fully saturated rings. The first-order valence-corrected chi connectivity index (χ1v) is 26.9. The number of hydrogen-bond acceptors (Lipinski definition) is 4. The molecule has 0 amide bonds. The van der Waals surface area contributed by atoms with Gasteiger partial charge in [0, 0.05) is 26.0 Å². The van der Waals surface area contributed by atoms with Crippen molar-refractivity contribution >= 4 is 137 Å². The van der Waals surface area contributed by atoms with Gasteiger partial charge in [-0.2, -0.15) is 0 Å². The summed E-state index contributed by atoms with van der Waals surface area (Å²) in [5, 5.41) is 38.3. The summed E-state index contributed by atoms with van der Waals surface area (Å²) in [6.07, 6.45) is 0. The van der Waals surface area contributed by atoms with Crippen LogP contribution in [-0.2, 0) is 0 Å². The van der Waals surface area contributed by atoms with Crippen molar-refractivity contribution in [1.29, 1.82) is 0 Å². The van der Waals surface area contributed by atoms with Gasteiger partial charge in [0.05, 0.1) is 0 Å². The van der Waals surface area contributed by atoms with Crippen LogP contribution in [0.25, 0.3) is 142 Å². The minimum absolute atomic E-state index is 0.566. The second-order valence-electron chi connectivity index (χ2n) is 19.8. The van der Waals surface area contributed by atoms with Crippen molar-refractivity contribution in [2.75, 3.05) is 0 Å². The summed E-state index contributed by atoms with van der Waals surface area (Å²) in [4.78, 5) is 0. The molecule has 0 atom stereocenters. The summed E-state index contributed by atoms with van der Waals surface area (Å²) in [7, 11) is -1.50. The van der Waals surface area contributed by atoms with Crippen LogP contribution in [0.15, 0.2) is 280 Å². The quantitative estimate of drug-likeness (QED) is 0.136. The van der Waals surface area contributed by atoms with Crippen molar-refractivity contribution in [2.24, 2.45) is 0 Å². The molecule has 0 aliphatic rings. The van der Waals surface area contributed by atoms with Gasteiger partial charge >= 0.3 is 7.12 Å². The van der Waals surface area contributed by atoms with Gasteiger partial charge in [-0.05, 0) is 158 Å². The van der Waals surface area contributed by atoms with Crippen molar-refractivity contribution in [3.05, 3.63) is 271 Å². The lowest BCUT2D eigenvalue weighted by molar-refractivity contribution is 0.426. The van der Waals surface area contributed by atoms with Gasteiger partial charge < -0.3 is 18.9 Å². The van der Waals surface area contributed by atoms with Crippen LogP contribution in [0.1, 0.15) is 0 Å². The molecule has 2 aromatic heterocycles. The molecular formula is C72H46BBrO4. The highest BCUT2D eigenvalue weighted by atomic mass is 79.9. The molecule has 14 aromatic carbocycles. The molecule has 0 unspecified atom stereocenters. The Hall–Kier alpha value is -9.30. The van der Waals surface area contributed by atoms with Crippen LogP contribution in [0.4, 0.5) is 0 Å². The molecule has 16 rings (SSSR count). The maximum absolute atomic E-state index is 9.94. The molecular weight excluding hydrogens is 1020 g/mol. The highest BCUT2D eigenvalue weighted by molar-refractivity contribution is 9.10. The Morgan fingerprint density at radius 3 is 1.00 bits per heavy atom. The van der Waals surface area contributed by atoms with Crippen molar-refractivity contribution in [1.82, 2.24) is 0 Å². The number of rotatable bonds is 4. The number of halogens is 1. The summed E-state index contributed by atoms with van der Waals surface area (Å²) in [6, 6.07) is 92.7. The zero-order valence-corrected chi connectivity index (χ0v) is 43.7. The van der Waals surface area contributed by atoms with E-state index in [0.717, 1.165) is 75.6 Å². The van der Waals surface area contributed by atoms with Crippen LogP contribution < -0.4 is 5.46 Å². The Kier molecular flexibility index (Phi) is 11.9. The fraction of sp³-hybridized carbons (Fsp3) is 0. The standard InChI is InChI=1S/C36H22O.C20H15BO2.C16H9BrO/c1-2-10-23(11-3-1)35-27-14-6-8-16-29(27)36(30-17-9-7-15-28(30)35)26-18-19-33-31(21-26)32-20-24-12-4-5-13-25(24)22-34(32)37-33;22-21(23)20-17-12-6-4-10-15(17)19(14-8-2-1-3-9-14)16-11-5-7-13-18(16)20;17-12-5-6-15-14(9-12)13-7-10-3-1-2-4-11(10)8-16(13)18-15/h1-22H;1-13,22-23H;1-9H. The van der Waals surface area contributed by atoms with Crippen LogP contribution in [-0.4, -0.2) is 17.2 Å². The second kappa shape index (κ2) is 19.7. The van der Waals surface area contributed by atoms with E-state index in [0.29, 0.717) is 5.46 Å². The number of benzene rings is 14. The Labute approximate surface area is 457 Å². The van der Waals surface area contributed by atoms with E-state index < -0.39 is 7.12 Å². The molecule has 16 aromatic rings. The van der Waals surface area contributed by atoms with Gasteiger partial charge in [-0.3, -0.25) is 0 Å². The van der Waals surface area contributed by atoms with Gasteiger partial charge in [-0.1, -0.05) is 228 Å². The number of hydrogen-bond donors (Lipinski definition) is 2. The maximum atomic E-state index is 9.94. The summed E-state index contributed by atoms with van der Waals surface area (Å²) >= 11 is 3.51. The SMILES string of the molecule is Brc1ccc2oc3cc4ccccc4cc3c2c1.OB(O)c1c2ccccc2c(-c2ccccc2)c2ccccc12.c1ccc(-c2c3ccccc3c(-c3ccc4oc5cc6ccccc6cc5c4c3)c3ccccc23)cc1. The minimum Gasteiger partial charge on any atom is -0.456 e. The smallest absolute Gasteiger partial charge is 0.456 e. The van der Waals surface area contributed by atoms with E-state index in [1.54, 1.807) is 0 Å². The molecule has 0 aliphatic heterocycles. The van der Waals surface area contributed by atoms with Gasteiger partial charge in [0.1, 0.15) is 22.3 Å². The maximum Gasteiger partial charge on any atom is 0.489 e. The highest BCUT2D eigenvalue weighted by Gasteiger charge is 2.23. The molecule has 0 saturated heterocycles. The summed E-state index contributed by atoms with van der Waals surface area (Å²) < 4.78 is 13.3. The van der Waals surface area contributed by atoms with Gasteiger partial charge in [0.15, 0.2) is 0 Å². The summed E-state index contributed by atoms with van der Waals surface area (Å²) in [5.41, 5.74) is 11.5. The van der Waals surface area contributed by atoms with E-state index in [-0.39, 0.29) is 0 Å². The number of furan rings is 2. The van der Waals surface area contributed by atoms with E-state index in [4.69, 9.17) is 8.83 Å². The molecule has 0 aliphatic carbocycles. The Morgan fingerprint density at radius 1 is 0.256 bits per heavy atom. The third-order valence-electron chi connectivity index (χ3n) is 15.2. The lowest BCUT2D eigenvalue weighted by Crippen LogP contribution is -2.31. The van der Waals surface area contributed by atoms with Crippen molar-refractivity contribution in [3.8, 4) is 33.4 Å². The van der Waals surface area contributed by atoms with Gasteiger partial charge in [0.25, 0.3) is 0 Å². The first kappa shape index (κ1) is 47.2. The molecule has 78 heavy (non-hydrogen) atoms. The molecule has 6 heteroatoms. The zero-order valence-electron chi connectivity index (χ0n) is 42.1. The summed E-state index contributed by atoms with van der Waals surface area (Å²) in [5.74, 6) is 0. The molecule has 4 nitrogen and oxygen atoms in total. The van der Waals surface area contributed by atoms with Gasteiger partial charge in [0.2, 0.25) is 0 Å². The monoisotopic (exact) mass is 1060 g/mol. The van der Waals surface area contributed by atoms with E-state index in [1.165, 1.54) is 70.7 Å². The molecule has 2 heterocycles. The van der Waals surface area contributed by atoms with Crippen LogP contribution >= 0.6 is 15.9 Å². The first-order valence-electron chi connectivity index (χ1n) is 26.1. The average Bonchev–Trinajstić information content (AvgIpc) is 4.16. The van der Waals surface area contributed by atoms with Crippen LogP contribution in [0, 0.1) is 0 Å². The number of fused-ring (bicyclic) bond motifs is 12. The lowest BCUT2D eigenvalue weighted by atomic mass is 9.72. The molecule has 0 spiro atoms. The van der Waals surface area contributed by atoms with Crippen LogP contribution in [0.2, 0.25) is 0 Å². The minimum atomic E-state index is -1.50. The average molecular weight is 1070 g/mol. The fourth-order valence-electron chi connectivity index (χ4n) is 11.8. The molecule has 0 radical (unpaired) electrons. The second-order valence-corrected chi connectivity index (χ2v) is 20.7. The van der Waals surface area contributed by atoms with E-state index in [2.05, 4.69) is 198 Å². The lowest BCUT2D eigenvalue weighted by Gasteiger charge is -2.17. The highest BCUT2D eigenvalue weighted by Crippen LogP contribution is 2.45. The van der Waals surface area contributed by atoms with E-state index >= 15 is 0 Å². The van der Waals surface area contributed by atoms with E-state index in [1.807, 2.05) is 84.9 Å². The van der Waals surface area contributed by atoms with Crippen molar-refractivity contribution in [2.45, 2.75) is 0 Å². The normalized spacial score (nSPS) is 11.5. The van der Waals surface area contributed by atoms with Gasteiger partial charge in [-0.15, -0.1) is 0 Å². The van der Waals surface area contributed by atoms with Crippen molar-refractivity contribution < 1.29 is 18.9 Å². The summed E-state index contributed by atoms with van der Waals surface area (Å²) in [6.45, 7) is 0. The van der Waals surface area contributed by atoms with Crippen LogP contribution in [0.5, 0.6) is 0 Å². The molecule has 368 valence electrons. The molecule has 0 bridgehead atoms. The van der Waals surface area contributed by atoms with Gasteiger partial charge in [-0.25, -0.2) is 0 Å². The molecule has 0 saturated carbocycles. The van der Waals surface area contributed by atoms with Crippen LogP contribution in [0.3, 0.4) is 0 Å². The predicted octanol–water partition coefficient (Wildman–Crippen LogP) is 19.2.